The fraction of sp³-hybridized carbons (Fsp3) is 0.450. The van der Waals surface area contributed by atoms with Gasteiger partial charge in [-0.1, -0.05) is 6.07 Å². The van der Waals surface area contributed by atoms with Crippen LogP contribution in [0.3, 0.4) is 0 Å². The van der Waals surface area contributed by atoms with Crippen molar-refractivity contribution < 1.29 is 13.2 Å². The first kappa shape index (κ1) is 20.8. The molecule has 1 N–H and O–H groups in total. The van der Waals surface area contributed by atoms with Crippen molar-refractivity contribution in [2.45, 2.75) is 42.0 Å². The minimum Gasteiger partial charge on any atom is -0.367 e. The number of carbonyl (C=O) groups is 1. The molecule has 8 nitrogen and oxygen atoms in total. The number of nitrogens with zero attached hydrogens (tertiary/aromatic N) is 4. The highest BCUT2D eigenvalue weighted by Gasteiger charge is 2.42. The molecule has 4 heterocycles. The molecule has 0 bridgehead atoms. The van der Waals surface area contributed by atoms with Gasteiger partial charge in [0.15, 0.2) is 0 Å². The second kappa shape index (κ2) is 8.71. The number of rotatable bonds is 5. The van der Waals surface area contributed by atoms with Crippen molar-refractivity contribution in [3.63, 3.8) is 0 Å². The highest BCUT2D eigenvalue weighted by atomic mass is 32.2. The SMILES string of the molecule is N#Cc1ccc(NC2CCN(C(=O)[C@H]3CCCN3S(=O)(=O)c3cccs3)CC2)nc1. The number of likely N-dealkylation sites (tertiary alicyclic amines) is 1. The minimum absolute atomic E-state index is 0.0948. The molecule has 2 aromatic rings. The average Bonchev–Trinajstić information content (AvgIpc) is 3.47. The summed E-state index contributed by atoms with van der Waals surface area (Å²) in [5, 5.41) is 13.9. The zero-order valence-corrected chi connectivity index (χ0v) is 18.0. The van der Waals surface area contributed by atoms with E-state index in [2.05, 4.69) is 10.3 Å². The molecule has 158 valence electrons. The van der Waals surface area contributed by atoms with Gasteiger partial charge in [0.1, 0.15) is 22.1 Å². The molecule has 1 amide bonds. The summed E-state index contributed by atoms with van der Waals surface area (Å²) in [4.78, 5) is 19.1. The summed E-state index contributed by atoms with van der Waals surface area (Å²) in [6.07, 6.45) is 4.32. The van der Waals surface area contributed by atoms with Crippen molar-refractivity contribution in [3.8, 4) is 6.07 Å². The topological polar surface area (TPSA) is 106 Å². The van der Waals surface area contributed by atoms with Crippen LogP contribution in [0.5, 0.6) is 0 Å². The maximum Gasteiger partial charge on any atom is 0.253 e. The van der Waals surface area contributed by atoms with E-state index >= 15 is 0 Å². The lowest BCUT2D eigenvalue weighted by molar-refractivity contribution is -0.135. The van der Waals surface area contributed by atoms with Gasteiger partial charge in [0.25, 0.3) is 10.0 Å². The van der Waals surface area contributed by atoms with Crippen LogP contribution in [0.15, 0.2) is 40.1 Å². The number of nitriles is 1. The zero-order chi connectivity index (χ0) is 21.1. The van der Waals surface area contributed by atoms with Crippen LogP contribution in [0.4, 0.5) is 5.82 Å². The molecule has 10 heteroatoms. The highest BCUT2D eigenvalue weighted by molar-refractivity contribution is 7.91. The monoisotopic (exact) mass is 445 g/mol. The van der Waals surface area contributed by atoms with Crippen LogP contribution in [-0.2, 0) is 14.8 Å². The second-order valence-corrected chi connectivity index (χ2v) is 10.6. The van der Waals surface area contributed by atoms with Crippen molar-refractivity contribution in [1.82, 2.24) is 14.2 Å². The summed E-state index contributed by atoms with van der Waals surface area (Å²) < 4.78 is 27.5. The number of thiophene rings is 1. The van der Waals surface area contributed by atoms with Gasteiger partial charge in [-0.15, -0.1) is 11.3 Å². The van der Waals surface area contributed by atoms with Gasteiger partial charge in [0, 0.05) is 31.9 Å². The molecule has 2 aromatic heterocycles. The molecule has 0 saturated carbocycles. The maximum atomic E-state index is 13.1. The quantitative estimate of drug-likeness (QED) is 0.757. The zero-order valence-electron chi connectivity index (χ0n) is 16.4. The Morgan fingerprint density at radius 1 is 1.20 bits per heavy atom. The lowest BCUT2D eigenvalue weighted by atomic mass is 10.0. The lowest BCUT2D eigenvalue weighted by Gasteiger charge is -2.35. The van der Waals surface area contributed by atoms with Gasteiger partial charge in [-0.3, -0.25) is 4.79 Å². The summed E-state index contributed by atoms with van der Waals surface area (Å²) in [7, 11) is -3.62. The molecule has 4 rings (SSSR count). The number of aromatic nitrogens is 1. The molecule has 0 aliphatic carbocycles. The third-order valence-electron chi connectivity index (χ3n) is 5.60. The summed E-state index contributed by atoms with van der Waals surface area (Å²) >= 11 is 1.18. The van der Waals surface area contributed by atoms with E-state index in [1.54, 1.807) is 34.5 Å². The number of pyridine rings is 1. The van der Waals surface area contributed by atoms with Crippen LogP contribution in [0.2, 0.25) is 0 Å². The van der Waals surface area contributed by atoms with Crippen LogP contribution in [0.1, 0.15) is 31.2 Å². The Kier molecular flexibility index (Phi) is 6.04. The van der Waals surface area contributed by atoms with Gasteiger partial charge in [0.05, 0.1) is 5.56 Å². The normalized spacial score (nSPS) is 20.8. The van der Waals surface area contributed by atoms with Crippen molar-refractivity contribution in [1.29, 1.82) is 5.26 Å². The summed E-state index contributed by atoms with van der Waals surface area (Å²) in [6.45, 7) is 1.55. The van der Waals surface area contributed by atoms with Crippen LogP contribution in [0.25, 0.3) is 0 Å². The van der Waals surface area contributed by atoms with Crippen LogP contribution in [0, 0.1) is 11.3 Å². The number of anilines is 1. The molecule has 2 fully saturated rings. The lowest BCUT2D eigenvalue weighted by Crippen LogP contribution is -2.51. The number of hydrogen-bond acceptors (Lipinski definition) is 7. The summed E-state index contributed by atoms with van der Waals surface area (Å²) in [6, 6.07) is 8.42. The maximum absolute atomic E-state index is 13.1. The van der Waals surface area contributed by atoms with E-state index < -0.39 is 16.1 Å². The van der Waals surface area contributed by atoms with E-state index in [1.165, 1.54) is 21.8 Å². The summed E-state index contributed by atoms with van der Waals surface area (Å²) in [5.74, 6) is 0.616. The first-order valence-corrected chi connectivity index (χ1v) is 12.3. The number of sulfonamides is 1. The molecule has 2 aliphatic rings. The Morgan fingerprint density at radius 2 is 2.00 bits per heavy atom. The van der Waals surface area contributed by atoms with E-state index in [-0.39, 0.29) is 11.9 Å². The van der Waals surface area contributed by atoms with Gasteiger partial charge >= 0.3 is 0 Å². The van der Waals surface area contributed by atoms with E-state index in [9.17, 15) is 13.2 Å². The Morgan fingerprint density at radius 3 is 2.63 bits per heavy atom. The fourth-order valence-corrected chi connectivity index (χ4v) is 6.78. The third kappa shape index (κ3) is 4.19. The van der Waals surface area contributed by atoms with Crippen LogP contribution in [-0.4, -0.2) is 60.2 Å². The van der Waals surface area contributed by atoms with Gasteiger partial charge < -0.3 is 10.2 Å². The number of amides is 1. The molecule has 2 aliphatic heterocycles. The number of piperidine rings is 1. The van der Waals surface area contributed by atoms with E-state index in [1.807, 2.05) is 6.07 Å². The third-order valence-corrected chi connectivity index (χ3v) is 8.88. The van der Waals surface area contributed by atoms with E-state index in [0.717, 1.165) is 12.8 Å². The minimum atomic E-state index is -3.62. The van der Waals surface area contributed by atoms with Gasteiger partial charge in [-0.2, -0.15) is 9.57 Å². The van der Waals surface area contributed by atoms with Crippen LogP contribution < -0.4 is 5.32 Å². The number of carbonyl (C=O) groups excluding carboxylic acids is 1. The van der Waals surface area contributed by atoms with Crippen molar-refractivity contribution in [2.75, 3.05) is 25.0 Å². The van der Waals surface area contributed by atoms with Crippen molar-refractivity contribution >= 4 is 33.1 Å². The Balaban J connectivity index is 1.36. The first-order chi connectivity index (χ1) is 14.5. The first-order valence-electron chi connectivity index (χ1n) is 9.96. The number of nitrogens with one attached hydrogen (secondary N) is 1. The van der Waals surface area contributed by atoms with E-state index in [0.29, 0.717) is 48.1 Å². The average molecular weight is 446 g/mol. The largest absolute Gasteiger partial charge is 0.367 e. The molecule has 0 aromatic carbocycles. The molecule has 1 atom stereocenters. The van der Waals surface area contributed by atoms with Crippen molar-refractivity contribution in [2.24, 2.45) is 0 Å². The highest BCUT2D eigenvalue weighted by Crippen LogP contribution is 2.30. The molecular weight excluding hydrogens is 422 g/mol. The number of hydrogen-bond donors (Lipinski definition) is 1. The van der Waals surface area contributed by atoms with E-state index in [4.69, 9.17) is 5.26 Å². The van der Waals surface area contributed by atoms with Gasteiger partial charge in [0.2, 0.25) is 5.91 Å². The van der Waals surface area contributed by atoms with Crippen LogP contribution >= 0.6 is 11.3 Å². The Labute approximate surface area is 180 Å². The molecule has 0 radical (unpaired) electrons. The molecule has 2 saturated heterocycles. The Hall–Kier alpha value is -2.48. The fourth-order valence-electron chi connectivity index (χ4n) is 4.01. The van der Waals surface area contributed by atoms with Crippen molar-refractivity contribution in [3.05, 3.63) is 41.4 Å². The molecular formula is C20H23N5O3S2. The predicted molar refractivity (Wildman–Crippen MR) is 113 cm³/mol. The van der Waals surface area contributed by atoms with Gasteiger partial charge in [-0.05, 0) is 49.3 Å². The molecule has 0 unspecified atom stereocenters. The Bertz CT molecular complexity index is 1020. The predicted octanol–water partition coefficient (Wildman–Crippen LogP) is 2.27. The molecule has 0 spiro atoms. The molecule has 30 heavy (non-hydrogen) atoms. The smallest absolute Gasteiger partial charge is 0.253 e. The summed E-state index contributed by atoms with van der Waals surface area (Å²) in [5.41, 5.74) is 0.514. The van der Waals surface area contributed by atoms with Gasteiger partial charge in [-0.25, -0.2) is 13.4 Å². The second-order valence-electron chi connectivity index (χ2n) is 7.49. The standard InChI is InChI=1S/C20H23N5O3S2/c21-13-15-5-6-18(22-14-15)23-16-7-10-24(11-8-16)20(26)17-3-1-9-25(17)30(27,28)19-4-2-12-29-19/h2,4-6,12,14,16-17H,1,3,7-11H2,(H,22,23)/t17-/m1/s1.